The van der Waals surface area contributed by atoms with Gasteiger partial charge in [0.25, 0.3) is 11.7 Å². The molecule has 1 saturated heterocycles. The Balaban J connectivity index is 1.99. The lowest BCUT2D eigenvalue weighted by atomic mass is 9.94. The maximum atomic E-state index is 13.3. The van der Waals surface area contributed by atoms with Crippen LogP contribution in [0.25, 0.3) is 5.76 Å². The maximum Gasteiger partial charge on any atom is 0.300 e. The van der Waals surface area contributed by atoms with Gasteiger partial charge in [-0.15, -0.1) is 0 Å². The molecular weight excluding hydrogens is 477 g/mol. The number of halogens is 2. The van der Waals surface area contributed by atoms with E-state index in [1.807, 2.05) is 19.9 Å². The molecule has 1 heterocycles. The van der Waals surface area contributed by atoms with Crippen LogP contribution < -0.4 is 9.64 Å². The van der Waals surface area contributed by atoms with Crippen molar-refractivity contribution in [3.05, 3.63) is 92.5 Å². The fourth-order valence-corrected chi connectivity index (χ4v) is 4.74. The van der Waals surface area contributed by atoms with E-state index in [1.165, 1.54) is 36.3 Å². The molecule has 1 amide bonds. The normalized spacial score (nSPS) is 17.3. The number of hydrogen-bond donors (Lipinski definition) is 2. The summed E-state index contributed by atoms with van der Waals surface area (Å²) in [6, 6.07) is 13.5. The van der Waals surface area contributed by atoms with Gasteiger partial charge in [0, 0.05) is 11.3 Å². The fraction of sp³-hybridized carbons (Fsp3) is 0.154. The smallest absolute Gasteiger partial charge is 0.300 e. The number of phenolic OH excluding ortho intramolecular Hbond substituents is 1. The van der Waals surface area contributed by atoms with Gasteiger partial charge >= 0.3 is 0 Å². The third-order valence-electron chi connectivity index (χ3n) is 5.96. The molecular formula is C26H21Cl2NO5. The number of phenols is 1. The molecule has 0 radical (unpaired) electrons. The lowest BCUT2D eigenvalue weighted by molar-refractivity contribution is -0.132. The van der Waals surface area contributed by atoms with Crippen LogP contribution in [0.5, 0.6) is 11.5 Å². The van der Waals surface area contributed by atoms with Crippen LogP contribution in [0.1, 0.15) is 28.3 Å². The van der Waals surface area contributed by atoms with Crippen LogP contribution in [-0.4, -0.2) is 29.0 Å². The number of anilines is 1. The van der Waals surface area contributed by atoms with Crippen molar-refractivity contribution in [1.29, 1.82) is 0 Å². The Labute approximate surface area is 206 Å². The maximum absolute atomic E-state index is 13.3. The van der Waals surface area contributed by atoms with E-state index >= 15 is 0 Å². The first-order valence-corrected chi connectivity index (χ1v) is 11.1. The van der Waals surface area contributed by atoms with Crippen molar-refractivity contribution in [3.8, 4) is 11.5 Å². The van der Waals surface area contributed by atoms with Gasteiger partial charge in [-0.3, -0.25) is 14.5 Å². The number of ketones is 1. The first kappa shape index (κ1) is 23.7. The van der Waals surface area contributed by atoms with Crippen molar-refractivity contribution in [3.63, 3.8) is 0 Å². The molecule has 1 fully saturated rings. The summed E-state index contributed by atoms with van der Waals surface area (Å²) in [5.74, 6) is -1.79. The number of benzene rings is 3. The Hall–Kier alpha value is -3.48. The topological polar surface area (TPSA) is 87.1 Å². The van der Waals surface area contributed by atoms with Gasteiger partial charge in [0.1, 0.15) is 11.5 Å². The molecule has 0 spiro atoms. The molecule has 34 heavy (non-hydrogen) atoms. The van der Waals surface area contributed by atoms with Crippen molar-refractivity contribution < 1.29 is 24.5 Å². The third-order valence-corrected chi connectivity index (χ3v) is 6.53. The Kier molecular flexibility index (Phi) is 6.30. The van der Waals surface area contributed by atoms with Crippen LogP contribution in [0.2, 0.25) is 10.0 Å². The molecule has 1 aliphatic rings. The van der Waals surface area contributed by atoms with Crippen molar-refractivity contribution in [2.75, 3.05) is 12.0 Å². The molecule has 0 saturated carbocycles. The summed E-state index contributed by atoms with van der Waals surface area (Å²) in [5.41, 5.74) is 2.89. The Morgan fingerprint density at radius 2 is 1.62 bits per heavy atom. The minimum absolute atomic E-state index is 0.0288. The second-order valence-corrected chi connectivity index (χ2v) is 8.77. The Bertz CT molecular complexity index is 1320. The monoisotopic (exact) mass is 497 g/mol. The number of hydrogen-bond acceptors (Lipinski definition) is 5. The highest BCUT2D eigenvalue weighted by molar-refractivity contribution is 6.52. The minimum Gasteiger partial charge on any atom is -0.508 e. The summed E-state index contributed by atoms with van der Waals surface area (Å²) in [4.78, 5) is 28.0. The van der Waals surface area contributed by atoms with E-state index < -0.39 is 23.5 Å². The van der Waals surface area contributed by atoms with Gasteiger partial charge in [-0.05, 0) is 60.9 Å². The van der Waals surface area contributed by atoms with Crippen molar-refractivity contribution >= 4 is 46.3 Å². The fourth-order valence-electron chi connectivity index (χ4n) is 4.10. The molecule has 3 aromatic carbocycles. The van der Waals surface area contributed by atoms with Crippen molar-refractivity contribution in [2.24, 2.45) is 0 Å². The number of amides is 1. The van der Waals surface area contributed by atoms with Crippen LogP contribution in [0.4, 0.5) is 5.69 Å². The summed E-state index contributed by atoms with van der Waals surface area (Å²) >= 11 is 12.5. The highest BCUT2D eigenvalue weighted by Crippen LogP contribution is 2.45. The van der Waals surface area contributed by atoms with Gasteiger partial charge in [0.15, 0.2) is 5.75 Å². The average Bonchev–Trinajstić information content (AvgIpc) is 3.06. The molecule has 2 N–H and O–H groups in total. The van der Waals surface area contributed by atoms with Gasteiger partial charge < -0.3 is 14.9 Å². The molecule has 1 aliphatic heterocycles. The molecule has 0 aromatic heterocycles. The molecule has 0 aliphatic carbocycles. The SMILES string of the molecule is COc1c(Cl)cc(/C(O)=C2\C(=O)C(=O)N(c3cccc(C)c3C)C2c2ccc(O)cc2)cc1Cl. The predicted molar refractivity (Wildman–Crippen MR) is 132 cm³/mol. The molecule has 174 valence electrons. The number of aryl methyl sites for hydroxylation is 1. The molecule has 6 nitrogen and oxygen atoms in total. The zero-order valence-corrected chi connectivity index (χ0v) is 20.1. The van der Waals surface area contributed by atoms with Crippen molar-refractivity contribution in [2.45, 2.75) is 19.9 Å². The quantitative estimate of drug-likeness (QED) is 0.264. The number of carbonyl (C=O) groups excluding carboxylic acids is 2. The molecule has 1 atom stereocenters. The lowest BCUT2D eigenvalue weighted by Crippen LogP contribution is -2.30. The third kappa shape index (κ3) is 3.89. The summed E-state index contributed by atoms with van der Waals surface area (Å²) in [5, 5.41) is 21.3. The first-order valence-electron chi connectivity index (χ1n) is 10.3. The summed E-state index contributed by atoms with van der Waals surface area (Å²) in [6.07, 6.45) is 0. The van der Waals surface area contributed by atoms with Crippen LogP contribution in [0, 0.1) is 13.8 Å². The molecule has 1 unspecified atom stereocenters. The van der Waals surface area contributed by atoms with E-state index in [2.05, 4.69) is 0 Å². The predicted octanol–water partition coefficient (Wildman–Crippen LogP) is 5.95. The largest absolute Gasteiger partial charge is 0.508 e. The van der Waals surface area contributed by atoms with Crippen molar-refractivity contribution in [1.82, 2.24) is 0 Å². The summed E-state index contributed by atoms with van der Waals surface area (Å²) < 4.78 is 5.16. The van der Waals surface area contributed by atoms with E-state index in [0.29, 0.717) is 11.3 Å². The van der Waals surface area contributed by atoms with Crippen LogP contribution in [-0.2, 0) is 9.59 Å². The number of aromatic hydroxyl groups is 1. The average molecular weight is 498 g/mol. The standard InChI is InChI=1S/C26H21Cl2NO5/c1-13-5-4-6-20(14(13)2)29-22(15-7-9-17(30)10-8-15)21(24(32)26(29)33)23(31)16-11-18(27)25(34-3)19(28)12-16/h4-12,22,30-31H,1-3H3/b23-21+. The highest BCUT2D eigenvalue weighted by atomic mass is 35.5. The summed E-state index contributed by atoms with van der Waals surface area (Å²) in [7, 11) is 1.41. The number of nitrogens with zero attached hydrogens (tertiary/aromatic N) is 1. The van der Waals surface area contributed by atoms with Gasteiger partial charge in [-0.25, -0.2) is 0 Å². The van der Waals surface area contributed by atoms with Gasteiger partial charge in [0.2, 0.25) is 0 Å². The number of ether oxygens (including phenoxy) is 1. The van der Waals surface area contributed by atoms with E-state index in [4.69, 9.17) is 27.9 Å². The van der Waals surface area contributed by atoms with Crippen LogP contribution in [0.3, 0.4) is 0 Å². The number of rotatable bonds is 4. The molecule has 8 heteroatoms. The highest BCUT2D eigenvalue weighted by Gasteiger charge is 2.47. The lowest BCUT2D eigenvalue weighted by Gasteiger charge is -2.27. The van der Waals surface area contributed by atoms with Crippen LogP contribution in [0.15, 0.2) is 60.2 Å². The van der Waals surface area contributed by atoms with E-state index in [9.17, 15) is 19.8 Å². The van der Waals surface area contributed by atoms with Crippen LogP contribution >= 0.6 is 23.2 Å². The van der Waals surface area contributed by atoms with E-state index in [-0.39, 0.29) is 32.7 Å². The second kappa shape index (κ2) is 9.05. The minimum atomic E-state index is -0.944. The van der Waals surface area contributed by atoms with Gasteiger partial charge in [-0.2, -0.15) is 0 Å². The molecule has 0 bridgehead atoms. The Morgan fingerprint density at radius 3 is 2.21 bits per heavy atom. The number of aliphatic hydroxyl groups is 1. The first-order chi connectivity index (χ1) is 16.1. The zero-order chi connectivity index (χ0) is 24.7. The van der Waals surface area contributed by atoms with Gasteiger partial charge in [0.05, 0.1) is 28.8 Å². The number of carbonyl (C=O) groups is 2. The molecule has 3 aromatic rings. The Morgan fingerprint density at radius 1 is 1.00 bits per heavy atom. The molecule has 4 rings (SSSR count). The number of aliphatic hydroxyl groups excluding tert-OH is 1. The second-order valence-electron chi connectivity index (χ2n) is 7.95. The number of Topliss-reactive ketones (excluding diaryl/α,β-unsaturated/α-hetero) is 1. The number of methoxy groups -OCH3 is 1. The van der Waals surface area contributed by atoms with E-state index in [1.54, 1.807) is 24.3 Å². The van der Waals surface area contributed by atoms with Gasteiger partial charge in [-0.1, -0.05) is 47.5 Å². The zero-order valence-electron chi connectivity index (χ0n) is 18.6. The summed E-state index contributed by atoms with van der Waals surface area (Å²) in [6.45, 7) is 3.77. The van der Waals surface area contributed by atoms with E-state index in [0.717, 1.165) is 11.1 Å².